The Morgan fingerprint density at radius 2 is 1.93 bits per heavy atom. The summed E-state index contributed by atoms with van der Waals surface area (Å²) in [5.74, 6) is -2.01. The Kier molecular flexibility index (Phi) is 6.25. The molecule has 4 N–H and O–H groups in total. The van der Waals surface area contributed by atoms with E-state index < -0.39 is 12.1 Å². The number of benzene rings is 1. The number of hydrogen-bond acceptors (Lipinski definition) is 5. The number of aromatic amines is 1. The standard InChI is InChI=1S/C17H18F3N5O2.CH2O2/c18-17(19,20)16(27)21-10-1-2-12-11(7-10)14(24-23-12)15(26)22-13-8-25-5-3-9(13)4-6-25;2-1-3/h1-2,7,9,13H,3-6,8H2,(H,21,27)(H,22,26)(H,23,24);1H,(H,2,3)/t13-;/m1./s1. The molecular formula is C18H20F3N5O4. The molecule has 9 nitrogen and oxygen atoms in total. The Morgan fingerprint density at radius 1 is 1.27 bits per heavy atom. The molecule has 3 saturated heterocycles. The van der Waals surface area contributed by atoms with Crippen molar-refractivity contribution >= 4 is 34.9 Å². The molecule has 3 aliphatic rings. The van der Waals surface area contributed by atoms with Crippen LogP contribution in [0.2, 0.25) is 0 Å². The van der Waals surface area contributed by atoms with E-state index in [9.17, 15) is 22.8 Å². The van der Waals surface area contributed by atoms with Crippen molar-refractivity contribution in [1.29, 1.82) is 0 Å². The molecule has 5 rings (SSSR count). The third kappa shape index (κ3) is 4.70. The highest BCUT2D eigenvalue weighted by Crippen LogP contribution is 2.28. The number of fused-ring (bicyclic) bond motifs is 4. The third-order valence-electron chi connectivity index (χ3n) is 5.27. The second kappa shape index (κ2) is 8.69. The van der Waals surface area contributed by atoms with Crippen molar-refractivity contribution in [3.05, 3.63) is 23.9 Å². The smallest absolute Gasteiger partial charge is 0.471 e. The SMILES string of the molecule is O=C(N[C@@H]1CN2CCC1CC2)c1n[nH]c2ccc(NC(=O)C(F)(F)F)cc12.O=CO. The van der Waals surface area contributed by atoms with Gasteiger partial charge in [-0.25, -0.2) is 0 Å². The Labute approximate surface area is 168 Å². The fourth-order valence-electron chi connectivity index (χ4n) is 3.83. The lowest BCUT2D eigenvalue weighted by Crippen LogP contribution is -2.57. The molecule has 30 heavy (non-hydrogen) atoms. The van der Waals surface area contributed by atoms with E-state index in [0.717, 1.165) is 32.5 Å². The number of nitrogens with one attached hydrogen (secondary N) is 3. The Morgan fingerprint density at radius 3 is 2.50 bits per heavy atom. The molecular weight excluding hydrogens is 407 g/mol. The lowest BCUT2D eigenvalue weighted by Gasteiger charge is -2.44. The van der Waals surface area contributed by atoms with Crippen molar-refractivity contribution in [1.82, 2.24) is 20.4 Å². The molecule has 2 bridgehead atoms. The second-order valence-corrected chi connectivity index (χ2v) is 7.11. The minimum atomic E-state index is -4.98. The summed E-state index contributed by atoms with van der Waals surface area (Å²) in [6.07, 6.45) is -2.90. The topological polar surface area (TPSA) is 127 Å². The van der Waals surface area contributed by atoms with Crippen LogP contribution in [-0.4, -0.2) is 70.3 Å². The van der Waals surface area contributed by atoms with E-state index in [1.807, 2.05) is 0 Å². The van der Waals surface area contributed by atoms with Crippen LogP contribution >= 0.6 is 0 Å². The molecule has 162 valence electrons. The van der Waals surface area contributed by atoms with Crippen LogP contribution in [0.25, 0.3) is 10.9 Å². The summed E-state index contributed by atoms with van der Waals surface area (Å²) in [5, 5.41) is 18.7. The number of H-pyrrole nitrogens is 1. The Hall–Kier alpha value is -3.15. The number of aromatic nitrogens is 2. The monoisotopic (exact) mass is 427 g/mol. The van der Waals surface area contributed by atoms with Crippen molar-refractivity contribution in [3.63, 3.8) is 0 Å². The number of halogens is 3. The number of piperidine rings is 3. The van der Waals surface area contributed by atoms with Gasteiger partial charge in [0.2, 0.25) is 0 Å². The van der Waals surface area contributed by atoms with Crippen LogP contribution in [0.4, 0.5) is 18.9 Å². The van der Waals surface area contributed by atoms with Crippen molar-refractivity contribution in [2.45, 2.75) is 25.1 Å². The summed E-state index contributed by atoms with van der Waals surface area (Å²) in [6, 6.07) is 4.15. The highest BCUT2D eigenvalue weighted by atomic mass is 19.4. The second-order valence-electron chi connectivity index (χ2n) is 7.11. The van der Waals surface area contributed by atoms with E-state index in [4.69, 9.17) is 9.90 Å². The summed E-state index contributed by atoms with van der Waals surface area (Å²) in [4.78, 5) is 34.5. The highest BCUT2D eigenvalue weighted by Gasteiger charge is 2.39. The van der Waals surface area contributed by atoms with Gasteiger partial charge in [-0.2, -0.15) is 18.3 Å². The zero-order valence-corrected chi connectivity index (χ0v) is 15.7. The molecule has 0 unspecified atom stereocenters. The summed E-state index contributed by atoms with van der Waals surface area (Å²) in [6.45, 7) is 2.64. The first-order valence-electron chi connectivity index (χ1n) is 9.20. The molecule has 3 fully saturated rings. The molecule has 2 amide bonds. The van der Waals surface area contributed by atoms with E-state index in [2.05, 4.69) is 20.4 Å². The number of rotatable bonds is 3. The fourth-order valence-corrected chi connectivity index (χ4v) is 3.83. The molecule has 0 saturated carbocycles. The van der Waals surface area contributed by atoms with Crippen LogP contribution in [0.1, 0.15) is 23.3 Å². The number of carbonyl (C=O) groups excluding carboxylic acids is 2. The first-order chi connectivity index (χ1) is 14.2. The normalized spacial score (nSPS) is 22.7. The van der Waals surface area contributed by atoms with Crippen LogP contribution in [0.15, 0.2) is 18.2 Å². The fraction of sp³-hybridized carbons (Fsp3) is 0.444. The van der Waals surface area contributed by atoms with Gasteiger partial charge in [-0.05, 0) is 50.0 Å². The molecule has 0 radical (unpaired) electrons. The average molecular weight is 427 g/mol. The van der Waals surface area contributed by atoms with E-state index >= 15 is 0 Å². The number of nitrogens with zero attached hydrogens (tertiary/aromatic N) is 2. The summed E-state index contributed by atoms with van der Waals surface area (Å²) < 4.78 is 37.3. The van der Waals surface area contributed by atoms with Gasteiger partial charge in [0.1, 0.15) is 0 Å². The maximum absolute atomic E-state index is 12.7. The van der Waals surface area contributed by atoms with Crippen LogP contribution in [0, 0.1) is 5.92 Å². The van der Waals surface area contributed by atoms with Gasteiger partial charge >= 0.3 is 12.1 Å². The molecule has 0 aliphatic carbocycles. The molecule has 4 heterocycles. The lowest BCUT2D eigenvalue weighted by atomic mass is 9.84. The molecule has 3 aliphatic heterocycles. The van der Waals surface area contributed by atoms with Gasteiger partial charge in [-0.3, -0.25) is 19.5 Å². The number of amides is 2. The summed E-state index contributed by atoms with van der Waals surface area (Å²) in [5.41, 5.74) is 0.548. The van der Waals surface area contributed by atoms with Gasteiger partial charge in [0.15, 0.2) is 5.69 Å². The molecule has 0 spiro atoms. The first-order valence-corrected chi connectivity index (χ1v) is 9.20. The number of alkyl halides is 3. The van der Waals surface area contributed by atoms with E-state index in [1.165, 1.54) is 18.2 Å². The van der Waals surface area contributed by atoms with Crippen LogP contribution in [-0.2, 0) is 9.59 Å². The largest absolute Gasteiger partial charge is 0.483 e. The van der Waals surface area contributed by atoms with Gasteiger partial charge < -0.3 is 20.6 Å². The number of carbonyl (C=O) groups is 3. The summed E-state index contributed by atoms with van der Waals surface area (Å²) in [7, 11) is 0. The number of anilines is 1. The maximum Gasteiger partial charge on any atom is 0.471 e. The molecule has 1 aromatic heterocycles. The molecule has 1 atom stereocenters. The first kappa shape index (κ1) is 21.6. The zero-order chi connectivity index (χ0) is 21.9. The predicted octanol–water partition coefficient (Wildman–Crippen LogP) is 1.59. The Bertz CT molecular complexity index is 938. The zero-order valence-electron chi connectivity index (χ0n) is 15.7. The number of hydrogen-bond donors (Lipinski definition) is 4. The van der Waals surface area contributed by atoms with Crippen molar-refractivity contribution in [2.24, 2.45) is 5.92 Å². The van der Waals surface area contributed by atoms with Crippen molar-refractivity contribution in [2.75, 3.05) is 25.0 Å². The minimum absolute atomic E-state index is 0.0415. The van der Waals surface area contributed by atoms with Crippen LogP contribution in [0.3, 0.4) is 0 Å². The van der Waals surface area contributed by atoms with E-state index in [1.54, 1.807) is 5.32 Å². The van der Waals surface area contributed by atoms with Gasteiger partial charge in [-0.15, -0.1) is 0 Å². The maximum atomic E-state index is 12.7. The number of carboxylic acid groups (broad SMARTS) is 1. The summed E-state index contributed by atoms with van der Waals surface area (Å²) >= 11 is 0. The average Bonchev–Trinajstić information content (AvgIpc) is 3.12. The van der Waals surface area contributed by atoms with E-state index in [-0.39, 0.29) is 29.8 Å². The molecule has 2 aromatic rings. The van der Waals surface area contributed by atoms with Gasteiger partial charge in [0.05, 0.1) is 5.52 Å². The van der Waals surface area contributed by atoms with Crippen LogP contribution in [0.5, 0.6) is 0 Å². The lowest BCUT2D eigenvalue weighted by molar-refractivity contribution is -0.167. The quantitative estimate of drug-likeness (QED) is 0.551. The highest BCUT2D eigenvalue weighted by molar-refractivity contribution is 6.06. The predicted molar refractivity (Wildman–Crippen MR) is 99.9 cm³/mol. The van der Waals surface area contributed by atoms with Gasteiger partial charge in [-0.1, -0.05) is 0 Å². The van der Waals surface area contributed by atoms with E-state index in [0.29, 0.717) is 16.8 Å². The van der Waals surface area contributed by atoms with Gasteiger partial charge in [0, 0.05) is 23.7 Å². The molecule has 12 heteroatoms. The van der Waals surface area contributed by atoms with Crippen LogP contribution < -0.4 is 10.6 Å². The minimum Gasteiger partial charge on any atom is -0.483 e. The van der Waals surface area contributed by atoms with Gasteiger partial charge in [0.25, 0.3) is 12.4 Å². The van der Waals surface area contributed by atoms with Crippen molar-refractivity contribution in [3.8, 4) is 0 Å². The third-order valence-corrected chi connectivity index (χ3v) is 5.27. The van der Waals surface area contributed by atoms with Crippen molar-refractivity contribution < 1.29 is 32.7 Å². The Balaban J connectivity index is 0.000000806. The molecule has 1 aromatic carbocycles.